The number of benzene rings is 1. The minimum Gasteiger partial charge on any atom is -0.440 e. The molecule has 0 aliphatic carbocycles. The molecule has 3 rings (SSSR count). The Morgan fingerprint density at radius 1 is 1.22 bits per heavy atom. The van der Waals surface area contributed by atoms with Crippen molar-refractivity contribution in [1.29, 1.82) is 0 Å². The molecule has 1 aromatic carbocycles. The van der Waals surface area contributed by atoms with Crippen molar-refractivity contribution in [2.24, 2.45) is 0 Å². The molecule has 1 amide bonds. The molecule has 0 radical (unpaired) electrons. The number of carbonyl (C=O) groups excluding carboxylic acids is 1. The number of amides is 1. The number of hydrogen-bond donors (Lipinski definition) is 1. The Balaban J connectivity index is 1.58. The van der Waals surface area contributed by atoms with E-state index in [0.29, 0.717) is 16.4 Å². The number of aromatic nitrogens is 4. The predicted octanol–water partition coefficient (Wildman–Crippen LogP) is 3.20. The summed E-state index contributed by atoms with van der Waals surface area (Å²) >= 11 is 1.33. The van der Waals surface area contributed by atoms with Crippen LogP contribution in [0.5, 0.6) is 0 Å². The third-order valence-electron chi connectivity index (χ3n) is 3.31. The van der Waals surface area contributed by atoms with Crippen molar-refractivity contribution in [3.8, 4) is 5.69 Å². The summed E-state index contributed by atoms with van der Waals surface area (Å²) < 4.78 is 41.6. The van der Waals surface area contributed by atoms with Gasteiger partial charge in [-0.3, -0.25) is 0 Å². The summed E-state index contributed by atoms with van der Waals surface area (Å²) in [5.41, 5.74) is 1.49. The van der Waals surface area contributed by atoms with E-state index in [1.54, 1.807) is 10.9 Å². The molecule has 0 aliphatic rings. The number of fused-ring (bicyclic) bond motifs is 1. The number of halogens is 3. The number of alkyl halides is 3. The van der Waals surface area contributed by atoms with Crippen LogP contribution in [0, 0.1) is 0 Å². The van der Waals surface area contributed by atoms with E-state index in [9.17, 15) is 18.0 Å². The highest BCUT2D eigenvalue weighted by molar-refractivity contribution is 7.99. The molecule has 0 bridgehead atoms. The number of carbonyl (C=O) groups is 1. The fraction of sp³-hybridized carbons (Fsp3) is 0.250. The first-order valence-corrected chi connectivity index (χ1v) is 8.77. The SMILES string of the molecule is O=C(NCCSc1ncnc2c1cnn2-c1ccccc1)OCC(F)(F)F. The Labute approximate surface area is 155 Å². The summed E-state index contributed by atoms with van der Waals surface area (Å²) in [5.74, 6) is 0.393. The van der Waals surface area contributed by atoms with Gasteiger partial charge in [0.25, 0.3) is 0 Å². The monoisotopic (exact) mass is 397 g/mol. The topological polar surface area (TPSA) is 81.9 Å². The number of nitrogens with one attached hydrogen (secondary N) is 1. The number of rotatable bonds is 6. The van der Waals surface area contributed by atoms with Crippen LogP contribution in [0.4, 0.5) is 18.0 Å². The van der Waals surface area contributed by atoms with E-state index >= 15 is 0 Å². The number of thioether (sulfide) groups is 1. The number of ether oxygens (including phenoxy) is 1. The molecular formula is C16H14F3N5O2S. The van der Waals surface area contributed by atoms with Crippen LogP contribution >= 0.6 is 11.8 Å². The fourth-order valence-corrected chi connectivity index (χ4v) is 3.01. The largest absolute Gasteiger partial charge is 0.440 e. The number of hydrogen-bond acceptors (Lipinski definition) is 6. The number of nitrogens with zero attached hydrogens (tertiary/aromatic N) is 4. The van der Waals surface area contributed by atoms with Crippen molar-refractivity contribution in [1.82, 2.24) is 25.1 Å². The van der Waals surface area contributed by atoms with Crippen molar-refractivity contribution < 1.29 is 22.7 Å². The van der Waals surface area contributed by atoms with Gasteiger partial charge in [0.1, 0.15) is 11.4 Å². The van der Waals surface area contributed by atoms with Crippen molar-refractivity contribution >= 4 is 28.9 Å². The van der Waals surface area contributed by atoms with Gasteiger partial charge >= 0.3 is 12.3 Å². The van der Waals surface area contributed by atoms with Gasteiger partial charge < -0.3 is 10.1 Å². The van der Waals surface area contributed by atoms with Gasteiger partial charge in [-0.05, 0) is 12.1 Å². The van der Waals surface area contributed by atoms with E-state index in [-0.39, 0.29) is 6.54 Å². The summed E-state index contributed by atoms with van der Waals surface area (Å²) in [7, 11) is 0. The maximum absolute atomic E-state index is 12.0. The zero-order chi connectivity index (χ0) is 19.3. The molecule has 0 fully saturated rings. The average Bonchev–Trinajstić information content (AvgIpc) is 3.08. The van der Waals surface area contributed by atoms with Crippen LogP contribution in [-0.4, -0.2) is 50.9 Å². The fourth-order valence-electron chi connectivity index (χ4n) is 2.19. The first kappa shape index (κ1) is 19.0. The molecule has 2 aromatic heterocycles. The van der Waals surface area contributed by atoms with Crippen LogP contribution in [-0.2, 0) is 4.74 Å². The van der Waals surface area contributed by atoms with E-state index in [4.69, 9.17) is 0 Å². The van der Waals surface area contributed by atoms with E-state index in [1.165, 1.54) is 18.1 Å². The smallest absolute Gasteiger partial charge is 0.422 e. The average molecular weight is 397 g/mol. The molecule has 1 N–H and O–H groups in total. The van der Waals surface area contributed by atoms with Crippen molar-refractivity contribution in [3.63, 3.8) is 0 Å². The van der Waals surface area contributed by atoms with Crippen LogP contribution in [0.3, 0.4) is 0 Å². The van der Waals surface area contributed by atoms with E-state index in [0.717, 1.165) is 11.1 Å². The first-order chi connectivity index (χ1) is 12.9. The zero-order valence-corrected chi connectivity index (χ0v) is 14.6. The summed E-state index contributed by atoms with van der Waals surface area (Å²) in [6, 6.07) is 9.49. The van der Waals surface area contributed by atoms with Crippen LogP contribution in [0.2, 0.25) is 0 Å². The second kappa shape index (κ2) is 8.25. The van der Waals surface area contributed by atoms with E-state index in [1.807, 2.05) is 30.3 Å². The lowest BCUT2D eigenvalue weighted by Gasteiger charge is -2.09. The van der Waals surface area contributed by atoms with Crippen LogP contribution in [0.1, 0.15) is 0 Å². The van der Waals surface area contributed by atoms with Gasteiger partial charge in [0.2, 0.25) is 0 Å². The number of para-hydroxylation sites is 1. The van der Waals surface area contributed by atoms with Gasteiger partial charge in [0.05, 0.1) is 17.3 Å². The normalized spacial score (nSPS) is 11.5. The Morgan fingerprint density at radius 3 is 2.74 bits per heavy atom. The van der Waals surface area contributed by atoms with Gasteiger partial charge in [-0.2, -0.15) is 18.3 Å². The minimum atomic E-state index is -4.54. The van der Waals surface area contributed by atoms with Gasteiger partial charge in [-0.25, -0.2) is 19.4 Å². The molecule has 0 spiro atoms. The Morgan fingerprint density at radius 2 is 2.00 bits per heavy atom. The molecule has 27 heavy (non-hydrogen) atoms. The van der Waals surface area contributed by atoms with Crippen molar-refractivity contribution in [3.05, 3.63) is 42.9 Å². The molecule has 0 aliphatic heterocycles. The molecule has 2 heterocycles. The van der Waals surface area contributed by atoms with E-state index < -0.39 is 18.9 Å². The summed E-state index contributed by atoms with van der Waals surface area (Å²) in [6.07, 6.45) is -2.60. The highest BCUT2D eigenvalue weighted by Gasteiger charge is 2.29. The molecular weight excluding hydrogens is 383 g/mol. The standard InChI is InChI=1S/C16H14F3N5O2S/c17-16(18,19)9-26-15(25)20-6-7-27-14-12-8-23-24(13(12)21-10-22-14)11-4-2-1-3-5-11/h1-5,8,10H,6-7,9H2,(H,20,25). The lowest BCUT2D eigenvalue weighted by atomic mass is 10.3. The second-order valence-corrected chi connectivity index (χ2v) is 6.36. The lowest BCUT2D eigenvalue weighted by Crippen LogP contribution is -2.30. The summed E-state index contributed by atoms with van der Waals surface area (Å²) in [5, 5.41) is 7.99. The zero-order valence-electron chi connectivity index (χ0n) is 13.8. The van der Waals surface area contributed by atoms with Crippen LogP contribution in [0.15, 0.2) is 47.9 Å². The molecule has 3 aromatic rings. The minimum absolute atomic E-state index is 0.125. The first-order valence-electron chi connectivity index (χ1n) is 7.78. The van der Waals surface area contributed by atoms with Gasteiger partial charge in [0.15, 0.2) is 12.3 Å². The molecule has 0 unspecified atom stereocenters. The lowest BCUT2D eigenvalue weighted by molar-refractivity contribution is -0.160. The Kier molecular flexibility index (Phi) is 5.79. The van der Waals surface area contributed by atoms with Crippen molar-refractivity contribution in [2.75, 3.05) is 18.9 Å². The molecule has 7 nitrogen and oxygen atoms in total. The molecule has 0 atom stereocenters. The van der Waals surface area contributed by atoms with Gasteiger partial charge in [-0.1, -0.05) is 18.2 Å². The van der Waals surface area contributed by atoms with Gasteiger partial charge in [0, 0.05) is 12.3 Å². The Hall–Kier alpha value is -2.82. The van der Waals surface area contributed by atoms with E-state index in [2.05, 4.69) is 25.1 Å². The maximum atomic E-state index is 12.0. The molecule has 0 saturated heterocycles. The molecule has 0 saturated carbocycles. The van der Waals surface area contributed by atoms with Crippen molar-refractivity contribution in [2.45, 2.75) is 11.2 Å². The van der Waals surface area contributed by atoms with Crippen LogP contribution in [0.25, 0.3) is 16.7 Å². The van der Waals surface area contributed by atoms with Gasteiger partial charge in [-0.15, -0.1) is 11.8 Å². The third kappa shape index (κ3) is 5.09. The molecule has 142 valence electrons. The highest BCUT2D eigenvalue weighted by atomic mass is 32.2. The number of alkyl carbamates (subject to hydrolysis) is 1. The Bertz CT molecular complexity index is 917. The summed E-state index contributed by atoms with van der Waals surface area (Å²) in [6.45, 7) is -1.49. The summed E-state index contributed by atoms with van der Waals surface area (Å²) in [4.78, 5) is 19.7. The predicted molar refractivity (Wildman–Crippen MR) is 92.8 cm³/mol. The molecule has 11 heteroatoms. The third-order valence-corrected chi connectivity index (χ3v) is 4.31. The second-order valence-electron chi connectivity index (χ2n) is 5.27. The van der Waals surface area contributed by atoms with Crippen LogP contribution < -0.4 is 5.32 Å². The highest BCUT2D eigenvalue weighted by Crippen LogP contribution is 2.25. The quantitative estimate of drug-likeness (QED) is 0.391. The maximum Gasteiger partial charge on any atom is 0.422 e.